The number of ether oxygens (including phenoxy) is 1. The molecule has 1 fully saturated rings. The van der Waals surface area contributed by atoms with Gasteiger partial charge in [-0.3, -0.25) is 4.79 Å². The number of urea groups is 1. The number of carbonyl (C=O) groups is 4. The molecule has 2 heterocycles. The van der Waals surface area contributed by atoms with Crippen LogP contribution < -0.4 is 21.3 Å². The van der Waals surface area contributed by atoms with Crippen LogP contribution in [0, 0.1) is 13.8 Å². The van der Waals surface area contributed by atoms with Crippen molar-refractivity contribution in [1.29, 1.82) is 0 Å². The third-order valence-corrected chi connectivity index (χ3v) is 6.08. The number of aryl methyl sites for hydroxylation is 2. The predicted octanol–water partition coefficient (Wildman–Crippen LogP) is 1.64. The summed E-state index contributed by atoms with van der Waals surface area (Å²) in [6.07, 6.45) is 0.391. The Hall–Kier alpha value is -4.39. The number of anilines is 2. The summed E-state index contributed by atoms with van der Waals surface area (Å²) < 4.78 is 5.60. The molecule has 0 spiro atoms. The Morgan fingerprint density at radius 3 is 2.47 bits per heavy atom. The van der Waals surface area contributed by atoms with E-state index in [2.05, 4.69) is 26.3 Å². The molecular formula is C25H32N6O7. The molecule has 1 aliphatic heterocycles. The van der Waals surface area contributed by atoms with E-state index in [4.69, 9.17) is 4.74 Å². The highest BCUT2D eigenvalue weighted by Crippen LogP contribution is 2.21. The molecule has 0 radical (unpaired) electrons. The van der Waals surface area contributed by atoms with Crippen molar-refractivity contribution in [3.63, 3.8) is 0 Å². The van der Waals surface area contributed by atoms with Gasteiger partial charge in [0.05, 0.1) is 18.7 Å². The Kier molecular flexibility index (Phi) is 9.82. The number of aromatic nitrogens is 1. The molecule has 0 saturated carbocycles. The van der Waals surface area contributed by atoms with Crippen molar-refractivity contribution in [2.45, 2.75) is 38.5 Å². The SMILES string of the molecule is Cc1cccc(C)c1NC(=O)NC(CNC(=O)COC1CC(CNc2ccccn2)N(C(=O)O)C1)C(=O)O. The first kappa shape index (κ1) is 28.2. The molecule has 1 aromatic carbocycles. The van der Waals surface area contributed by atoms with Gasteiger partial charge >= 0.3 is 18.1 Å². The maximum absolute atomic E-state index is 12.4. The summed E-state index contributed by atoms with van der Waals surface area (Å²) in [6, 6.07) is 8.36. The fourth-order valence-electron chi connectivity index (χ4n) is 4.09. The molecule has 2 aromatic rings. The molecule has 38 heavy (non-hydrogen) atoms. The van der Waals surface area contributed by atoms with E-state index < -0.39 is 36.1 Å². The minimum atomic E-state index is -1.38. The fourth-order valence-corrected chi connectivity index (χ4v) is 4.09. The molecule has 1 aromatic heterocycles. The molecule has 3 atom stereocenters. The van der Waals surface area contributed by atoms with Crippen LogP contribution in [0.1, 0.15) is 17.5 Å². The standard InChI is InChI=1S/C25H32N6O7/c1-15-6-5-7-16(2)22(15)30-24(35)29-19(23(33)34)12-28-21(32)14-38-18-10-17(31(13-18)25(36)37)11-27-20-8-3-4-9-26-20/h3-9,17-19H,10-14H2,1-2H3,(H,26,27)(H,28,32)(H,33,34)(H,36,37)(H2,29,30,35). The van der Waals surface area contributed by atoms with Gasteiger partial charge in [0.15, 0.2) is 0 Å². The van der Waals surface area contributed by atoms with E-state index in [1.807, 2.05) is 38.1 Å². The van der Waals surface area contributed by atoms with Crippen molar-refractivity contribution in [2.75, 3.05) is 36.9 Å². The van der Waals surface area contributed by atoms with Crippen molar-refractivity contribution >= 4 is 35.5 Å². The summed E-state index contributed by atoms with van der Waals surface area (Å²) in [6.45, 7) is 3.30. The molecule has 3 rings (SSSR count). The summed E-state index contributed by atoms with van der Waals surface area (Å²) in [7, 11) is 0. The molecule has 204 valence electrons. The van der Waals surface area contributed by atoms with Crippen LogP contribution >= 0.6 is 0 Å². The molecule has 3 unspecified atom stereocenters. The maximum Gasteiger partial charge on any atom is 0.407 e. The Labute approximate surface area is 219 Å². The van der Waals surface area contributed by atoms with Crippen molar-refractivity contribution < 1.29 is 34.1 Å². The largest absolute Gasteiger partial charge is 0.480 e. The van der Waals surface area contributed by atoms with Crippen LogP contribution in [0.4, 0.5) is 21.1 Å². The van der Waals surface area contributed by atoms with Gasteiger partial charge in [-0.15, -0.1) is 0 Å². The van der Waals surface area contributed by atoms with E-state index in [0.29, 0.717) is 24.5 Å². The van der Waals surface area contributed by atoms with E-state index in [1.165, 1.54) is 4.90 Å². The quantitative estimate of drug-likeness (QED) is 0.252. The maximum atomic E-state index is 12.4. The topological polar surface area (TPSA) is 182 Å². The lowest BCUT2D eigenvalue weighted by Gasteiger charge is -2.21. The van der Waals surface area contributed by atoms with Crippen LogP contribution in [0.15, 0.2) is 42.6 Å². The zero-order chi connectivity index (χ0) is 27.7. The molecule has 1 saturated heterocycles. The number of rotatable bonds is 11. The molecule has 0 bridgehead atoms. The van der Waals surface area contributed by atoms with Gasteiger partial charge in [0.25, 0.3) is 0 Å². The predicted molar refractivity (Wildman–Crippen MR) is 138 cm³/mol. The van der Waals surface area contributed by atoms with Crippen molar-refractivity contribution in [2.24, 2.45) is 0 Å². The first-order chi connectivity index (χ1) is 18.1. The van der Waals surface area contributed by atoms with Gasteiger partial charge in [-0.05, 0) is 43.5 Å². The number of aliphatic carboxylic acids is 1. The Morgan fingerprint density at radius 1 is 1.11 bits per heavy atom. The lowest BCUT2D eigenvalue weighted by atomic mass is 10.1. The van der Waals surface area contributed by atoms with Gasteiger partial charge < -0.3 is 41.1 Å². The van der Waals surface area contributed by atoms with E-state index in [-0.39, 0.29) is 25.7 Å². The van der Waals surface area contributed by atoms with Gasteiger partial charge in [-0.1, -0.05) is 24.3 Å². The monoisotopic (exact) mass is 528 g/mol. The summed E-state index contributed by atoms with van der Waals surface area (Å²) in [4.78, 5) is 53.3. The van der Waals surface area contributed by atoms with Gasteiger partial charge in [-0.25, -0.2) is 19.4 Å². The van der Waals surface area contributed by atoms with Crippen LogP contribution in [-0.4, -0.2) is 88.5 Å². The Bertz CT molecular complexity index is 1130. The number of carboxylic acid groups (broad SMARTS) is 2. The number of nitrogens with one attached hydrogen (secondary N) is 4. The molecule has 13 nitrogen and oxygen atoms in total. The summed E-state index contributed by atoms with van der Waals surface area (Å²) in [5, 5.41) is 29.5. The first-order valence-corrected chi connectivity index (χ1v) is 12.0. The number of nitrogens with zero attached hydrogens (tertiary/aromatic N) is 2. The van der Waals surface area contributed by atoms with Crippen LogP contribution in [0.25, 0.3) is 0 Å². The molecule has 13 heteroatoms. The van der Waals surface area contributed by atoms with Crippen molar-refractivity contribution in [1.82, 2.24) is 20.5 Å². The summed E-state index contributed by atoms with van der Waals surface area (Å²) in [5.74, 6) is -1.30. The number of likely N-dealkylation sites (tertiary alicyclic amines) is 1. The third-order valence-electron chi connectivity index (χ3n) is 6.08. The average molecular weight is 529 g/mol. The van der Waals surface area contributed by atoms with Gasteiger partial charge in [-0.2, -0.15) is 0 Å². The zero-order valence-corrected chi connectivity index (χ0v) is 21.1. The number of pyridine rings is 1. The van der Waals surface area contributed by atoms with E-state index in [0.717, 1.165) is 11.1 Å². The number of para-hydroxylation sites is 1. The number of hydrogen-bond acceptors (Lipinski definition) is 7. The Balaban J connectivity index is 1.44. The van der Waals surface area contributed by atoms with Crippen LogP contribution in [-0.2, 0) is 14.3 Å². The highest BCUT2D eigenvalue weighted by Gasteiger charge is 2.36. The lowest BCUT2D eigenvalue weighted by Crippen LogP contribution is -2.50. The van der Waals surface area contributed by atoms with Crippen LogP contribution in [0.2, 0.25) is 0 Å². The normalized spacial score (nSPS) is 17.4. The van der Waals surface area contributed by atoms with Crippen molar-refractivity contribution in [3.8, 4) is 0 Å². The highest BCUT2D eigenvalue weighted by atomic mass is 16.5. The van der Waals surface area contributed by atoms with Gasteiger partial charge in [0.1, 0.15) is 18.5 Å². The number of carboxylic acids is 1. The second-order valence-electron chi connectivity index (χ2n) is 8.91. The third kappa shape index (κ3) is 8.06. The average Bonchev–Trinajstić information content (AvgIpc) is 3.30. The minimum absolute atomic E-state index is 0.0922. The molecule has 6 N–H and O–H groups in total. The van der Waals surface area contributed by atoms with E-state index >= 15 is 0 Å². The Morgan fingerprint density at radius 2 is 1.84 bits per heavy atom. The minimum Gasteiger partial charge on any atom is -0.480 e. The summed E-state index contributed by atoms with van der Waals surface area (Å²) >= 11 is 0. The number of carbonyl (C=O) groups excluding carboxylic acids is 2. The van der Waals surface area contributed by atoms with E-state index in [1.54, 1.807) is 18.3 Å². The lowest BCUT2D eigenvalue weighted by molar-refractivity contribution is -0.139. The molecule has 0 aliphatic carbocycles. The smallest absolute Gasteiger partial charge is 0.407 e. The second-order valence-corrected chi connectivity index (χ2v) is 8.91. The fraction of sp³-hybridized carbons (Fsp3) is 0.400. The first-order valence-electron chi connectivity index (χ1n) is 12.0. The highest BCUT2D eigenvalue weighted by molar-refractivity contribution is 5.93. The number of amides is 4. The summed E-state index contributed by atoms with van der Waals surface area (Å²) in [5.41, 5.74) is 2.22. The van der Waals surface area contributed by atoms with Gasteiger partial charge in [0, 0.05) is 25.0 Å². The second kappa shape index (κ2) is 13.2. The zero-order valence-electron chi connectivity index (χ0n) is 21.1. The molecular weight excluding hydrogens is 496 g/mol. The van der Waals surface area contributed by atoms with Gasteiger partial charge in [0.2, 0.25) is 5.91 Å². The number of benzene rings is 1. The van der Waals surface area contributed by atoms with Crippen LogP contribution in [0.3, 0.4) is 0 Å². The van der Waals surface area contributed by atoms with Crippen molar-refractivity contribution in [3.05, 3.63) is 53.7 Å². The molecule has 4 amide bonds. The van der Waals surface area contributed by atoms with Crippen LogP contribution in [0.5, 0.6) is 0 Å². The number of hydrogen-bond donors (Lipinski definition) is 6. The molecule has 1 aliphatic rings. The van der Waals surface area contributed by atoms with E-state index in [9.17, 15) is 29.4 Å².